The standard InChI is InChI=1S/C22H24ClN3O3/c1-15-4-9-20-16(12-15)13-17(21(23)25-20)14-26(10-11-28-2)22(27)24-18-5-7-19(29-3)8-6-18/h4-9,12-13H,10-11,14H2,1-3H3,(H,24,27). The van der Waals surface area contributed by atoms with Gasteiger partial charge >= 0.3 is 6.03 Å². The molecule has 152 valence electrons. The Morgan fingerprint density at radius 2 is 1.90 bits per heavy atom. The maximum absolute atomic E-state index is 12.9. The number of amides is 2. The quantitative estimate of drug-likeness (QED) is 0.560. The van der Waals surface area contributed by atoms with E-state index in [1.165, 1.54) is 0 Å². The van der Waals surface area contributed by atoms with Crippen molar-refractivity contribution in [1.82, 2.24) is 9.88 Å². The van der Waals surface area contributed by atoms with Crippen molar-refractivity contribution in [2.24, 2.45) is 0 Å². The van der Waals surface area contributed by atoms with E-state index >= 15 is 0 Å². The third kappa shape index (κ3) is 5.37. The highest BCUT2D eigenvalue weighted by Gasteiger charge is 2.17. The molecule has 1 N–H and O–H groups in total. The number of rotatable bonds is 7. The molecule has 1 heterocycles. The fourth-order valence-corrected chi connectivity index (χ4v) is 3.17. The van der Waals surface area contributed by atoms with Crippen LogP contribution in [0.15, 0.2) is 48.5 Å². The van der Waals surface area contributed by atoms with Crippen LogP contribution in [0.1, 0.15) is 11.1 Å². The van der Waals surface area contributed by atoms with Crippen LogP contribution < -0.4 is 10.1 Å². The molecule has 1 aromatic heterocycles. The number of aromatic nitrogens is 1. The topological polar surface area (TPSA) is 63.7 Å². The van der Waals surface area contributed by atoms with Crippen molar-refractivity contribution in [3.05, 3.63) is 64.8 Å². The molecule has 0 bridgehead atoms. The number of benzene rings is 2. The zero-order valence-electron chi connectivity index (χ0n) is 16.7. The number of ether oxygens (including phenoxy) is 2. The van der Waals surface area contributed by atoms with Gasteiger partial charge in [-0.2, -0.15) is 0 Å². The molecule has 0 aliphatic carbocycles. The lowest BCUT2D eigenvalue weighted by molar-refractivity contribution is 0.153. The van der Waals surface area contributed by atoms with E-state index in [1.54, 1.807) is 43.4 Å². The molecule has 0 radical (unpaired) electrons. The van der Waals surface area contributed by atoms with Crippen molar-refractivity contribution in [3.63, 3.8) is 0 Å². The third-order valence-corrected chi connectivity index (χ3v) is 4.88. The molecule has 0 saturated heterocycles. The van der Waals surface area contributed by atoms with Gasteiger partial charge in [-0.15, -0.1) is 0 Å². The van der Waals surface area contributed by atoms with Gasteiger partial charge in [-0.25, -0.2) is 9.78 Å². The molecular weight excluding hydrogens is 390 g/mol. The van der Waals surface area contributed by atoms with E-state index in [1.807, 2.05) is 25.1 Å². The van der Waals surface area contributed by atoms with Crippen molar-refractivity contribution in [1.29, 1.82) is 0 Å². The first-order chi connectivity index (χ1) is 14.0. The second-order valence-electron chi connectivity index (χ2n) is 6.71. The number of anilines is 1. The average Bonchev–Trinajstić information content (AvgIpc) is 2.72. The normalized spacial score (nSPS) is 10.8. The molecule has 0 saturated carbocycles. The Balaban J connectivity index is 1.81. The van der Waals surface area contributed by atoms with Crippen LogP contribution in [0.3, 0.4) is 0 Å². The molecule has 0 unspecified atom stereocenters. The van der Waals surface area contributed by atoms with Crippen molar-refractivity contribution in [2.75, 3.05) is 32.7 Å². The average molecular weight is 414 g/mol. The SMILES string of the molecule is COCCN(Cc1cc2cc(C)ccc2nc1Cl)C(=O)Nc1ccc(OC)cc1. The van der Waals surface area contributed by atoms with Crippen molar-refractivity contribution in [2.45, 2.75) is 13.5 Å². The Labute approximate surface area is 175 Å². The Morgan fingerprint density at radius 3 is 2.59 bits per heavy atom. The number of aryl methyl sites for hydroxylation is 1. The maximum atomic E-state index is 12.9. The number of halogens is 1. The Kier molecular flexibility index (Phi) is 6.90. The summed E-state index contributed by atoms with van der Waals surface area (Å²) in [7, 11) is 3.20. The summed E-state index contributed by atoms with van der Waals surface area (Å²) in [6.07, 6.45) is 0. The van der Waals surface area contributed by atoms with Gasteiger partial charge in [-0.3, -0.25) is 0 Å². The molecule has 0 aliphatic heterocycles. The van der Waals surface area contributed by atoms with Crippen molar-refractivity contribution >= 4 is 34.2 Å². The minimum absolute atomic E-state index is 0.243. The molecule has 0 atom stereocenters. The Bertz CT molecular complexity index is 993. The van der Waals surface area contributed by atoms with Gasteiger partial charge < -0.3 is 19.7 Å². The first-order valence-electron chi connectivity index (χ1n) is 9.25. The Morgan fingerprint density at radius 1 is 1.14 bits per heavy atom. The van der Waals surface area contributed by atoms with Gasteiger partial charge in [0.05, 0.1) is 25.8 Å². The minimum Gasteiger partial charge on any atom is -0.497 e. The van der Waals surface area contributed by atoms with E-state index < -0.39 is 0 Å². The van der Waals surface area contributed by atoms with E-state index in [4.69, 9.17) is 21.1 Å². The summed E-state index contributed by atoms with van der Waals surface area (Å²) >= 11 is 6.40. The highest BCUT2D eigenvalue weighted by atomic mass is 35.5. The lowest BCUT2D eigenvalue weighted by Gasteiger charge is -2.23. The number of urea groups is 1. The number of methoxy groups -OCH3 is 2. The van der Waals surface area contributed by atoms with Gasteiger partial charge in [0, 0.05) is 30.3 Å². The summed E-state index contributed by atoms with van der Waals surface area (Å²) in [5, 5.41) is 4.28. The molecule has 3 aromatic rings. The molecule has 2 aromatic carbocycles. The maximum Gasteiger partial charge on any atom is 0.322 e. The second-order valence-corrected chi connectivity index (χ2v) is 7.07. The smallest absolute Gasteiger partial charge is 0.322 e. The predicted molar refractivity (Wildman–Crippen MR) is 116 cm³/mol. The molecule has 0 aliphatic rings. The van der Waals surface area contributed by atoms with Crippen LogP contribution in [-0.4, -0.2) is 43.3 Å². The fourth-order valence-electron chi connectivity index (χ4n) is 2.96. The number of hydrogen-bond donors (Lipinski definition) is 1. The third-order valence-electron chi connectivity index (χ3n) is 4.55. The molecule has 0 fully saturated rings. The van der Waals surface area contributed by atoms with Crippen LogP contribution in [-0.2, 0) is 11.3 Å². The van der Waals surface area contributed by atoms with Gasteiger partial charge in [-0.05, 0) is 49.4 Å². The summed E-state index contributed by atoms with van der Waals surface area (Å²) in [6, 6.07) is 14.9. The van der Waals surface area contributed by atoms with Gasteiger partial charge in [0.2, 0.25) is 0 Å². The van der Waals surface area contributed by atoms with Crippen LogP contribution in [0.4, 0.5) is 10.5 Å². The minimum atomic E-state index is -0.243. The van der Waals surface area contributed by atoms with Crippen LogP contribution in [0, 0.1) is 6.92 Å². The van der Waals surface area contributed by atoms with Gasteiger partial charge in [0.15, 0.2) is 0 Å². The van der Waals surface area contributed by atoms with E-state index in [-0.39, 0.29) is 6.03 Å². The highest BCUT2D eigenvalue weighted by Crippen LogP contribution is 2.23. The number of fused-ring (bicyclic) bond motifs is 1. The molecule has 6 nitrogen and oxygen atoms in total. The van der Waals surface area contributed by atoms with Crippen molar-refractivity contribution < 1.29 is 14.3 Å². The zero-order valence-corrected chi connectivity index (χ0v) is 17.5. The lowest BCUT2D eigenvalue weighted by Crippen LogP contribution is -2.37. The van der Waals surface area contributed by atoms with E-state index in [0.29, 0.717) is 30.5 Å². The summed E-state index contributed by atoms with van der Waals surface area (Å²) in [5.74, 6) is 0.726. The van der Waals surface area contributed by atoms with E-state index in [2.05, 4.69) is 16.4 Å². The monoisotopic (exact) mass is 413 g/mol. The molecule has 7 heteroatoms. The van der Waals surface area contributed by atoms with Gasteiger partial charge in [0.1, 0.15) is 10.9 Å². The van der Waals surface area contributed by atoms with Crippen molar-refractivity contribution in [3.8, 4) is 5.75 Å². The van der Waals surface area contributed by atoms with Crippen LogP contribution in [0.5, 0.6) is 5.75 Å². The second kappa shape index (κ2) is 9.58. The van der Waals surface area contributed by atoms with E-state index in [9.17, 15) is 4.79 Å². The lowest BCUT2D eigenvalue weighted by atomic mass is 10.1. The summed E-state index contributed by atoms with van der Waals surface area (Å²) in [6.45, 7) is 3.18. The molecule has 29 heavy (non-hydrogen) atoms. The summed E-state index contributed by atoms with van der Waals surface area (Å²) in [5.41, 5.74) is 3.43. The number of nitrogens with zero attached hydrogens (tertiary/aromatic N) is 2. The summed E-state index contributed by atoms with van der Waals surface area (Å²) < 4.78 is 10.3. The predicted octanol–water partition coefficient (Wildman–Crippen LogP) is 4.89. The number of hydrogen-bond acceptors (Lipinski definition) is 4. The van der Waals surface area contributed by atoms with E-state index in [0.717, 1.165) is 27.8 Å². The molecule has 3 rings (SSSR count). The van der Waals surface area contributed by atoms with Crippen LogP contribution in [0.2, 0.25) is 5.15 Å². The molecule has 0 spiro atoms. The largest absolute Gasteiger partial charge is 0.497 e. The fraction of sp³-hybridized carbons (Fsp3) is 0.273. The first kappa shape index (κ1) is 20.9. The van der Waals surface area contributed by atoms with Crippen LogP contribution in [0.25, 0.3) is 10.9 Å². The number of nitrogens with one attached hydrogen (secondary N) is 1. The Hall–Kier alpha value is -2.83. The first-order valence-corrected chi connectivity index (χ1v) is 9.62. The number of pyridine rings is 1. The number of carbonyl (C=O) groups is 1. The summed E-state index contributed by atoms with van der Waals surface area (Å²) in [4.78, 5) is 19.0. The molecule has 2 amide bonds. The highest BCUT2D eigenvalue weighted by molar-refractivity contribution is 6.30. The number of carbonyl (C=O) groups excluding carboxylic acids is 1. The van der Waals surface area contributed by atoms with Crippen LogP contribution >= 0.6 is 11.6 Å². The molecular formula is C22H24ClN3O3. The van der Waals surface area contributed by atoms with Gasteiger partial charge in [-0.1, -0.05) is 23.2 Å². The van der Waals surface area contributed by atoms with Gasteiger partial charge in [0.25, 0.3) is 0 Å². The zero-order chi connectivity index (χ0) is 20.8.